The smallest absolute Gasteiger partial charge is 0.236 e. The molecular formula is C18H28N4O4. The summed E-state index contributed by atoms with van der Waals surface area (Å²) >= 11 is 0. The number of carbonyl (C=O) groups excluding carboxylic acids is 2. The molecule has 0 saturated carbocycles. The van der Waals surface area contributed by atoms with Gasteiger partial charge in [0.25, 0.3) is 0 Å². The Kier molecular flexibility index (Phi) is 6.65. The fraction of sp³-hybridized carbons (Fsp3) is 0.667. The molecule has 0 bridgehead atoms. The molecule has 0 aromatic carbocycles. The minimum atomic E-state index is 0.0826. The van der Waals surface area contributed by atoms with Crippen molar-refractivity contribution >= 4 is 11.8 Å². The van der Waals surface area contributed by atoms with E-state index in [4.69, 9.17) is 9.15 Å². The maximum Gasteiger partial charge on any atom is 0.236 e. The molecule has 0 N–H and O–H groups in total. The third-order valence-corrected chi connectivity index (χ3v) is 4.95. The van der Waals surface area contributed by atoms with Crippen LogP contribution in [-0.4, -0.2) is 104 Å². The molecule has 0 atom stereocenters. The van der Waals surface area contributed by atoms with Gasteiger partial charge in [-0.1, -0.05) is 0 Å². The summed E-state index contributed by atoms with van der Waals surface area (Å²) in [5, 5.41) is 0. The molecule has 0 unspecified atom stereocenters. The number of hydrogen-bond donors (Lipinski definition) is 0. The summed E-state index contributed by atoms with van der Waals surface area (Å²) in [6, 6.07) is 3.69. The molecule has 2 fully saturated rings. The topological polar surface area (TPSA) is 69.5 Å². The summed E-state index contributed by atoms with van der Waals surface area (Å²) in [7, 11) is 1.79. The van der Waals surface area contributed by atoms with E-state index in [2.05, 4.69) is 9.80 Å². The Balaban J connectivity index is 1.36. The molecule has 1 aromatic heterocycles. The normalized spacial score (nSPS) is 19.5. The zero-order valence-electron chi connectivity index (χ0n) is 15.4. The SMILES string of the molecule is CN(Cc1ccco1)C(=O)CN1CCN(CC(=O)N2CCOCC2)CC1. The number of furan rings is 1. The summed E-state index contributed by atoms with van der Waals surface area (Å²) in [5.74, 6) is 1.04. The van der Waals surface area contributed by atoms with Crippen molar-refractivity contribution in [1.82, 2.24) is 19.6 Å². The molecule has 3 heterocycles. The van der Waals surface area contributed by atoms with Crippen LogP contribution in [0, 0.1) is 0 Å². The zero-order valence-corrected chi connectivity index (χ0v) is 15.4. The minimum absolute atomic E-state index is 0.0826. The molecule has 2 saturated heterocycles. The number of piperazine rings is 1. The van der Waals surface area contributed by atoms with Crippen molar-refractivity contribution in [3.8, 4) is 0 Å². The quantitative estimate of drug-likeness (QED) is 0.691. The maximum atomic E-state index is 12.4. The van der Waals surface area contributed by atoms with Crippen molar-refractivity contribution in [1.29, 1.82) is 0 Å². The number of hydrogen-bond acceptors (Lipinski definition) is 6. The Hall–Kier alpha value is -1.90. The fourth-order valence-corrected chi connectivity index (χ4v) is 3.25. The lowest BCUT2D eigenvalue weighted by molar-refractivity contribution is -0.137. The highest BCUT2D eigenvalue weighted by Crippen LogP contribution is 2.07. The van der Waals surface area contributed by atoms with Gasteiger partial charge in [0.05, 0.1) is 39.1 Å². The van der Waals surface area contributed by atoms with Crippen molar-refractivity contribution in [2.45, 2.75) is 6.54 Å². The summed E-state index contributed by atoms with van der Waals surface area (Å²) in [6.45, 7) is 7.22. The van der Waals surface area contributed by atoms with Crippen molar-refractivity contribution < 1.29 is 18.7 Å². The summed E-state index contributed by atoms with van der Waals surface area (Å²) < 4.78 is 10.6. The number of likely N-dealkylation sites (N-methyl/N-ethyl adjacent to an activating group) is 1. The van der Waals surface area contributed by atoms with Crippen LogP contribution in [0.15, 0.2) is 22.8 Å². The number of rotatable bonds is 6. The maximum absolute atomic E-state index is 12.4. The van der Waals surface area contributed by atoms with Gasteiger partial charge in [-0.05, 0) is 12.1 Å². The highest BCUT2D eigenvalue weighted by atomic mass is 16.5. The second kappa shape index (κ2) is 9.16. The van der Waals surface area contributed by atoms with Gasteiger partial charge in [-0.3, -0.25) is 19.4 Å². The molecule has 26 heavy (non-hydrogen) atoms. The number of amides is 2. The zero-order chi connectivity index (χ0) is 18.4. The van der Waals surface area contributed by atoms with Gasteiger partial charge >= 0.3 is 0 Å². The first-order valence-corrected chi connectivity index (χ1v) is 9.18. The van der Waals surface area contributed by atoms with E-state index in [0.29, 0.717) is 45.9 Å². The van der Waals surface area contributed by atoms with Gasteiger partial charge in [0.2, 0.25) is 11.8 Å². The summed E-state index contributed by atoms with van der Waals surface area (Å²) in [6.07, 6.45) is 1.62. The molecule has 1 aromatic rings. The lowest BCUT2D eigenvalue weighted by Gasteiger charge is -2.36. The fourth-order valence-electron chi connectivity index (χ4n) is 3.25. The van der Waals surface area contributed by atoms with Gasteiger partial charge < -0.3 is 19.0 Å². The summed E-state index contributed by atoms with van der Waals surface area (Å²) in [5.41, 5.74) is 0. The molecule has 3 rings (SSSR count). The molecule has 2 aliphatic heterocycles. The lowest BCUT2D eigenvalue weighted by atomic mass is 10.3. The van der Waals surface area contributed by atoms with Gasteiger partial charge in [-0.25, -0.2) is 0 Å². The van der Waals surface area contributed by atoms with E-state index >= 15 is 0 Å². The third-order valence-electron chi connectivity index (χ3n) is 4.95. The van der Waals surface area contributed by atoms with Crippen LogP contribution in [0.2, 0.25) is 0 Å². The first kappa shape index (κ1) is 18.9. The number of carbonyl (C=O) groups is 2. The third kappa shape index (κ3) is 5.30. The van der Waals surface area contributed by atoms with Gasteiger partial charge in [-0.15, -0.1) is 0 Å². The number of nitrogens with zero attached hydrogens (tertiary/aromatic N) is 4. The van der Waals surface area contributed by atoms with Crippen LogP contribution in [0.1, 0.15) is 5.76 Å². The molecule has 8 nitrogen and oxygen atoms in total. The van der Waals surface area contributed by atoms with Crippen molar-refractivity contribution in [2.75, 3.05) is 72.6 Å². The van der Waals surface area contributed by atoms with Crippen molar-refractivity contribution in [2.24, 2.45) is 0 Å². The standard InChI is InChI=1S/C18H28N4O4/c1-19(13-16-3-2-10-26-16)17(23)14-20-4-6-21(7-5-20)15-18(24)22-8-11-25-12-9-22/h2-3,10H,4-9,11-15H2,1H3. The van der Waals surface area contributed by atoms with E-state index in [-0.39, 0.29) is 11.8 Å². The first-order valence-electron chi connectivity index (χ1n) is 9.18. The van der Waals surface area contributed by atoms with Gasteiger partial charge in [0.1, 0.15) is 5.76 Å². The number of morpholine rings is 1. The Morgan fingerprint density at radius 2 is 1.69 bits per heavy atom. The predicted octanol–water partition coefficient (Wildman–Crippen LogP) is -0.286. The van der Waals surface area contributed by atoms with E-state index in [1.54, 1.807) is 18.2 Å². The van der Waals surface area contributed by atoms with Crippen LogP contribution in [0.3, 0.4) is 0 Å². The molecule has 0 aliphatic carbocycles. The molecule has 2 amide bonds. The Bertz CT molecular complexity index is 578. The second-order valence-corrected chi connectivity index (χ2v) is 6.87. The van der Waals surface area contributed by atoms with Crippen LogP contribution in [0.4, 0.5) is 0 Å². The molecule has 8 heteroatoms. The average Bonchev–Trinajstić information content (AvgIpc) is 3.17. The van der Waals surface area contributed by atoms with Crippen LogP contribution in [0.5, 0.6) is 0 Å². The van der Waals surface area contributed by atoms with E-state index < -0.39 is 0 Å². The van der Waals surface area contributed by atoms with E-state index in [0.717, 1.165) is 31.9 Å². The van der Waals surface area contributed by atoms with Crippen molar-refractivity contribution in [3.63, 3.8) is 0 Å². The molecular weight excluding hydrogens is 336 g/mol. The summed E-state index contributed by atoms with van der Waals surface area (Å²) in [4.78, 5) is 32.6. The Morgan fingerprint density at radius 3 is 2.31 bits per heavy atom. The van der Waals surface area contributed by atoms with E-state index in [1.807, 2.05) is 17.0 Å². The Morgan fingerprint density at radius 1 is 1.04 bits per heavy atom. The molecule has 0 radical (unpaired) electrons. The molecule has 0 spiro atoms. The van der Waals surface area contributed by atoms with Crippen LogP contribution in [0.25, 0.3) is 0 Å². The van der Waals surface area contributed by atoms with Gasteiger partial charge in [0, 0.05) is 46.3 Å². The Labute approximate surface area is 154 Å². The van der Waals surface area contributed by atoms with E-state index in [9.17, 15) is 9.59 Å². The van der Waals surface area contributed by atoms with Crippen molar-refractivity contribution in [3.05, 3.63) is 24.2 Å². The molecule has 2 aliphatic rings. The monoisotopic (exact) mass is 364 g/mol. The van der Waals surface area contributed by atoms with Crippen LogP contribution < -0.4 is 0 Å². The molecule has 144 valence electrons. The largest absolute Gasteiger partial charge is 0.467 e. The minimum Gasteiger partial charge on any atom is -0.467 e. The second-order valence-electron chi connectivity index (χ2n) is 6.87. The van der Waals surface area contributed by atoms with Crippen LogP contribution >= 0.6 is 0 Å². The highest BCUT2D eigenvalue weighted by molar-refractivity contribution is 5.78. The average molecular weight is 364 g/mol. The highest BCUT2D eigenvalue weighted by Gasteiger charge is 2.24. The number of ether oxygens (including phenoxy) is 1. The lowest BCUT2D eigenvalue weighted by Crippen LogP contribution is -2.53. The van der Waals surface area contributed by atoms with E-state index in [1.165, 1.54) is 0 Å². The predicted molar refractivity (Wildman–Crippen MR) is 95.5 cm³/mol. The first-order chi connectivity index (χ1) is 12.6. The van der Waals surface area contributed by atoms with Gasteiger partial charge in [-0.2, -0.15) is 0 Å². The van der Waals surface area contributed by atoms with Crippen LogP contribution in [-0.2, 0) is 20.9 Å². The van der Waals surface area contributed by atoms with Gasteiger partial charge in [0.15, 0.2) is 0 Å².